The highest BCUT2D eigenvalue weighted by Crippen LogP contribution is 2.18. The molecule has 1 heterocycles. The number of nitrogens with one attached hydrogen (secondary N) is 1. The minimum absolute atomic E-state index is 0.0302. The number of nitrogens with two attached hydrogens (primary N) is 1. The Labute approximate surface area is 82.5 Å². The van der Waals surface area contributed by atoms with E-state index in [4.69, 9.17) is 10.8 Å². The van der Waals surface area contributed by atoms with Gasteiger partial charge in [0.25, 0.3) is 12.0 Å². The van der Waals surface area contributed by atoms with Gasteiger partial charge in [0.05, 0.1) is 12.0 Å². The fraction of sp³-hybridized carbons (Fsp3) is 0.250. The molecule has 4 N–H and O–H groups in total. The SMILES string of the molecule is Nc1[nH]c(=O)c(C(F)F)cc1CC(=O)O. The molecule has 0 bridgehead atoms. The van der Waals surface area contributed by atoms with Crippen molar-refractivity contribution in [1.82, 2.24) is 4.98 Å². The van der Waals surface area contributed by atoms with Crippen molar-refractivity contribution in [3.05, 3.63) is 27.5 Å². The van der Waals surface area contributed by atoms with E-state index in [1.165, 1.54) is 0 Å². The molecule has 1 aromatic rings. The maximum atomic E-state index is 12.3. The number of carboxylic acid groups (broad SMARTS) is 1. The van der Waals surface area contributed by atoms with E-state index in [9.17, 15) is 18.4 Å². The number of aliphatic carboxylic acids is 1. The third-order valence-corrected chi connectivity index (χ3v) is 1.76. The van der Waals surface area contributed by atoms with Crippen molar-refractivity contribution in [2.75, 3.05) is 5.73 Å². The van der Waals surface area contributed by atoms with Crippen LogP contribution in [0.4, 0.5) is 14.6 Å². The Balaban J connectivity index is 3.23. The van der Waals surface area contributed by atoms with E-state index in [1.54, 1.807) is 0 Å². The van der Waals surface area contributed by atoms with E-state index < -0.39 is 29.9 Å². The summed E-state index contributed by atoms with van der Waals surface area (Å²) in [5, 5.41) is 8.46. The average molecular weight is 218 g/mol. The zero-order chi connectivity index (χ0) is 11.6. The van der Waals surface area contributed by atoms with Crippen LogP contribution >= 0.6 is 0 Å². The topological polar surface area (TPSA) is 96.2 Å². The van der Waals surface area contributed by atoms with Gasteiger partial charge in [0.1, 0.15) is 5.82 Å². The number of carboxylic acids is 1. The van der Waals surface area contributed by atoms with Crippen molar-refractivity contribution in [2.24, 2.45) is 0 Å². The quantitative estimate of drug-likeness (QED) is 0.689. The summed E-state index contributed by atoms with van der Waals surface area (Å²) < 4.78 is 24.5. The van der Waals surface area contributed by atoms with Gasteiger partial charge >= 0.3 is 5.97 Å². The van der Waals surface area contributed by atoms with Crippen molar-refractivity contribution in [1.29, 1.82) is 0 Å². The Kier molecular flexibility index (Phi) is 3.03. The van der Waals surface area contributed by atoms with Crippen LogP contribution in [-0.2, 0) is 11.2 Å². The van der Waals surface area contributed by atoms with E-state index >= 15 is 0 Å². The predicted molar refractivity (Wildman–Crippen MR) is 47.8 cm³/mol. The largest absolute Gasteiger partial charge is 0.481 e. The number of H-pyrrole nitrogens is 1. The standard InChI is InChI=1S/C8H8F2N2O3/c9-6(10)4-1-3(2-5(13)14)7(11)12-8(4)15/h1,6H,2H2,(H,13,14)(H3,11,12,15). The number of carbonyl (C=O) groups is 1. The lowest BCUT2D eigenvalue weighted by atomic mass is 10.1. The number of rotatable bonds is 3. The van der Waals surface area contributed by atoms with Crippen molar-refractivity contribution in [3.8, 4) is 0 Å². The second-order valence-electron chi connectivity index (χ2n) is 2.86. The number of aromatic nitrogens is 1. The Morgan fingerprint density at radius 3 is 2.67 bits per heavy atom. The zero-order valence-electron chi connectivity index (χ0n) is 7.46. The Morgan fingerprint density at radius 2 is 2.20 bits per heavy atom. The monoisotopic (exact) mass is 218 g/mol. The molecule has 0 saturated carbocycles. The van der Waals surface area contributed by atoms with Gasteiger partial charge in [0, 0.05) is 5.56 Å². The normalized spacial score (nSPS) is 10.6. The summed E-state index contributed by atoms with van der Waals surface area (Å²) in [6.45, 7) is 0. The first-order valence-corrected chi connectivity index (χ1v) is 3.93. The highest BCUT2D eigenvalue weighted by molar-refractivity contribution is 5.72. The van der Waals surface area contributed by atoms with Crippen LogP contribution in [-0.4, -0.2) is 16.1 Å². The van der Waals surface area contributed by atoms with E-state index in [1.807, 2.05) is 4.98 Å². The molecule has 0 saturated heterocycles. The molecule has 15 heavy (non-hydrogen) atoms. The number of halogens is 2. The molecule has 5 nitrogen and oxygen atoms in total. The third kappa shape index (κ3) is 2.52. The van der Waals surface area contributed by atoms with Gasteiger partial charge in [-0.25, -0.2) is 8.78 Å². The molecule has 0 radical (unpaired) electrons. The first-order chi connectivity index (χ1) is 6.91. The lowest BCUT2D eigenvalue weighted by molar-refractivity contribution is -0.136. The van der Waals surface area contributed by atoms with Crippen LogP contribution in [0.25, 0.3) is 0 Å². The Morgan fingerprint density at radius 1 is 1.60 bits per heavy atom. The lowest BCUT2D eigenvalue weighted by Gasteiger charge is -2.05. The summed E-state index contributed by atoms with van der Waals surface area (Å²) in [4.78, 5) is 23.3. The number of hydrogen-bond acceptors (Lipinski definition) is 3. The van der Waals surface area contributed by atoms with Gasteiger partial charge in [-0.3, -0.25) is 9.59 Å². The van der Waals surface area contributed by atoms with E-state index in [-0.39, 0.29) is 11.4 Å². The highest BCUT2D eigenvalue weighted by atomic mass is 19.3. The molecule has 0 spiro atoms. The number of anilines is 1. The molecular formula is C8H8F2N2O3. The molecular weight excluding hydrogens is 210 g/mol. The number of aromatic amines is 1. The van der Waals surface area contributed by atoms with Crippen LogP contribution in [0.2, 0.25) is 0 Å². The maximum absolute atomic E-state index is 12.3. The van der Waals surface area contributed by atoms with Crippen LogP contribution in [0.1, 0.15) is 17.6 Å². The summed E-state index contributed by atoms with van der Waals surface area (Å²) in [5.41, 5.74) is 3.46. The Bertz CT molecular complexity index is 442. The minimum Gasteiger partial charge on any atom is -0.481 e. The summed E-state index contributed by atoms with van der Waals surface area (Å²) in [6, 6.07) is 0.812. The molecule has 0 aliphatic heterocycles. The third-order valence-electron chi connectivity index (χ3n) is 1.76. The van der Waals surface area contributed by atoms with Gasteiger partial charge in [0.2, 0.25) is 0 Å². The fourth-order valence-electron chi connectivity index (χ4n) is 1.08. The van der Waals surface area contributed by atoms with E-state index in [0.29, 0.717) is 0 Å². The van der Waals surface area contributed by atoms with Crippen LogP contribution in [0.3, 0.4) is 0 Å². The fourth-order valence-corrected chi connectivity index (χ4v) is 1.08. The summed E-state index contributed by atoms with van der Waals surface area (Å²) >= 11 is 0. The summed E-state index contributed by atoms with van der Waals surface area (Å²) in [7, 11) is 0. The van der Waals surface area contributed by atoms with E-state index in [2.05, 4.69) is 0 Å². The number of nitrogen functional groups attached to an aromatic ring is 1. The van der Waals surface area contributed by atoms with Crippen molar-refractivity contribution < 1.29 is 18.7 Å². The van der Waals surface area contributed by atoms with Crippen LogP contribution < -0.4 is 11.3 Å². The van der Waals surface area contributed by atoms with Crippen molar-refractivity contribution >= 4 is 11.8 Å². The zero-order valence-corrected chi connectivity index (χ0v) is 7.46. The van der Waals surface area contributed by atoms with Gasteiger partial charge in [-0.15, -0.1) is 0 Å². The lowest BCUT2D eigenvalue weighted by Crippen LogP contribution is -2.18. The highest BCUT2D eigenvalue weighted by Gasteiger charge is 2.16. The van der Waals surface area contributed by atoms with Gasteiger partial charge in [-0.1, -0.05) is 0 Å². The van der Waals surface area contributed by atoms with Crippen LogP contribution in [0.5, 0.6) is 0 Å². The number of pyridine rings is 1. The van der Waals surface area contributed by atoms with Crippen LogP contribution in [0.15, 0.2) is 10.9 Å². The molecule has 0 aromatic carbocycles. The number of hydrogen-bond donors (Lipinski definition) is 3. The first-order valence-electron chi connectivity index (χ1n) is 3.93. The molecule has 0 atom stereocenters. The van der Waals surface area contributed by atoms with Gasteiger partial charge < -0.3 is 15.8 Å². The van der Waals surface area contributed by atoms with Gasteiger partial charge in [-0.05, 0) is 6.07 Å². The van der Waals surface area contributed by atoms with Crippen molar-refractivity contribution in [2.45, 2.75) is 12.8 Å². The second kappa shape index (κ2) is 4.07. The Hall–Kier alpha value is -1.92. The predicted octanol–water partition coefficient (Wildman–Crippen LogP) is 0.522. The smallest absolute Gasteiger partial charge is 0.307 e. The summed E-state index contributed by atoms with van der Waals surface area (Å²) in [5.74, 6) is -1.42. The van der Waals surface area contributed by atoms with Gasteiger partial charge in [-0.2, -0.15) is 0 Å². The molecule has 0 unspecified atom stereocenters. The molecule has 0 amide bonds. The van der Waals surface area contributed by atoms with Crippen molar-refractivity contribution in [3.63, 3.8) is 0 Å². The molecule has 1 aromatic heterocycles. The van der Waals surface area contributed by atoms with E-state index in [0.717, 1.165) is 6.07 Å². The molecule has 82 valence electrons. The average Bonchev–Trinajstić information content (AvgIpc) is 2.08. The minimum atomic E-state index is -2.96. The van der Waals surface area contributed by atoms with Crippen LogP contribution in [0, 0.1) is 0 Å². The van der Waals surface area contributed by atoms with Gasteiger partial charge in [0.15, 0.2) is 0 Å². The molecule has 7 heteroatoms. The first kappa shape index (κ1) is 11.2. The maximum Gasteiger partial charge on any atom is 0.307 e. The molecule has 1 rings (SSSR count). The molecule has 0 fully saturated rings. The molecule has 0 aliphatic rings. The second-order valence-corrected chi connectivity index (χ2v) is 2.86. The number of alkyl halides is 2. The molecule has 0 aliphatic carbocycles. The summed E-state index contributed by atoms with van der Waals surface area (Å²) in [6.07, 6.45) is -3.47.